The van der Waals surface area contributed by atoms with E-state index in [0.717, 1.165) is 111 Å². The van der Waals surface area contributed by atoms with Crippen molar-refractivity contribution in [1.29, 1.82) is 0 Å². The maximum atomic E-state index is 6.54. The highest BCUT2D eigenvalue weighted by molar-refractivity contribution is 6.08. The van der Waals surface area contributed by atoms with E-state index in [1.807, 2.05) is 66.7 Å². The molecule has 24 rings (SSSR count). The number of aromatic nitrogens is 6. The van der Waals surface area contributed by atoms with Crippen molar-refractivity contribution in [1.82, 2.24) is 29.9 Å². The molecule has 0 radical (unpaired) electrons. The van der Waals surface area contributed by atoms with E-state index in [1.165, 1.54) is 89.0 Å². The Bertz CT molecular complexity index is 7320. The van der Waals surface area contributed by atoms with Crippen LogP contribution in [0.2, 0.25) is 0 Å². The van der Waals surface area contributed by atoms with E-state index in [1.54, 1.807) is 0 Å². The number of hydrogen-bond donors (Lipinski definition) is 0. The summed E-state index contributed by atoms with van der Waals surface area (Å²) in [6.07, 6.45) is 0. The molecule has 0 N–H and O–H groups in total. The zero-order chi connectivity index (χ0) is 73.3. The first-order valence-electron chi connectivity index (χ1n) is 38.1. The van der Waals surface area contributed by atoms with Gasteiger partial charge in [-0.2, -0.15) is 0 Å². The van der Waals surface area contributed by atoms with Crippen LogP contribution in [-0.2, 0) is 10.8 Å². The molecule has 0 unspecified atom stereocenters. The second-order valence-electron chi connectivity index (χ2n) is 29.8. The number of furan rings is 2. The minimum atomic E-state index is -0.645. The predicted molar refractivity (Wildman–Crippen MR) is 449 cm³/mol. The van der Waals surface area contributed by atoms with Crippen molar-refractivity contribution in [2.75, 3.05) is 0 Å². The van der Waals surface area contributed by atoms with Crippen LogP contribution in [0.25, 0.3) is 190 Å². The maximum Gasteiger partial charge on any atom is 0.164 e. The van der Waals surface area contributed by atoms with Crippen LogP contribution >= 0.6 is 0 Å². The van der Waals surface area contributed by atoms with Gasteiger partial charge in [0.05, 0.1) is 10.8 Å². The van der Waals surface area contributed by atoms with E-state index < -0.39 is 10.8 Å². The number of hydrogen-bond acceptors (Lipinski definition) is 8. The van der Waals surface area contributed by atoms with Gasteiger partial charge in [-0.25, -0.2) is 29.9 Å². The molecule has 16 aromatic carbocycles. The van der Waals surface area contributed by atoms with Gasteiger partial charge in [0.2, 0.25) is 0 Å². The van der Waals surface area contributed by atoms with E-state index in [2.05, 4.69) is 297 Å². The predicted octanol–water partition coefficient (Wildman–Crippen LogP) is 25.5. The van der Waals surface area contributed by atoms with Crippen molar-refractivity contribution >= 4 is 43.9 Å². The summed E-state index contributed by atoms with van der Waals surface area (Å²) < 4.78 is 12.9. The van der Waals surface area contributed by atoms with Crippen LogP contribution in [0.15, 0.2) is 373 Å². The van der Waals surface area contributed by atoms with Crippen molar-refractivity contribution in [2.45, 2.75) is 10.8 Å². The SMILES string of the molecule is c1ccc(-c2nc(-c3ccc(-c4ccc5c(c4)C4(c6ccccc6-c6ccccc64)c4cc(-c6cccc(-c7nc(-c8cccc(-c9cccc%10c9-c9ccccc9C%109c%10ccccc%10-c%10ccccc%109)c8)nc(-c8ccc9c(c8)oc8ccccc89)n7)c6)ccc4-5)cc3)nc(-c3ccc4c(c3)oc3ccccc34)n2)cc1. The highest BCUT2D eigenvalue weighted by Gasteiger charge is 2.54. The third-order valence-corrected chi connectivity index (χ3v) is 24.0. The van der Waals surface area contributed by atoms with Gasteiger partial charge in [-0.3, -0.25) is 0 Å². The Morgan fingerprint density at radius 1 is 0.161 bits per heavy atom. The Kier molecular flexibility index (Phi) is 13.2. The van der Waals surface area contributed by atoms with E-state index in [0.29, 0.717) is 34.9 Å². The second kappa shape index (κ2) is 23.8. The third kappa shape index (κ3) is 9.00. The Balaban J connectivity index is 0.617. The molecule has 0 saturated carbocycles. The second-order valence-corrected chi connectivity index (χ2v) is 29.8. The smallest absolute Gasteiger partial charge is 0.164 e. The first-order chi connectivity index (χ1) is 55.5. The average Bonchev–Trinajstić information content (AvgIpc) is 1.51. The van der Waals surface area contributed by atoms with Gasteiger partial charge < -0.3 is 8.83 Å². The van der Waals surface area contributed by atoms with Crippen LogP contribution in [-0.4, -0.2) is 29.9 Å². The van der Waals surface area contributed by atoms with Gasteiger partial charge in [-0.05, 0) is 183 Å². The van der Waals surface area contributed by atoms with Gasteiger partial charge in [0.25, 0.3) is 0 Å². The van der Waals surface area contributed by atoms with Crippen molar-refractivity contribution < 1.29 is 8.83 Å². The molecule has 112 heavy (non-hydrogen) atoms. The Hall–Kier alpha value is -14.9. The molecule has 8 heteroatoms. The quantitative estimate of drug-likeness (QED) is 0.141. The molecule has 4 aliphatic rings. The summed E-state index contributed by atoms with van der Waals surface area (Å²) in [6.45, 7) is 0. The molecule has 0 fully saturated rings. The molecule has 4 aliphatic carbocycles. The maximum absolute atomic E-state index is 6.54. The molecular weight excluding hydrogens is 1370 g/mol. The molecular formula is C104H60N6O2. The third-order valence-electron chi connectivity index (χ3n) is 24.0. The molecule has 0 bridgehead atoms. The molecule has 0 aliphatic heterocycles. The summed E-state index contributed by atoms with van der Waals surface area (Å²) in [5.74, 6) is 3.42. The van der Waals surface area contributed by atoms with Crippen LogP contribution < -0.4 is 0 Å². The minimum absolute atomic E-state index is 0.475. The molecule has 0 atom stereocenters. The lowest BCUT2D eigenvalue weighted by molar-refractivity contribution is 0.668. The minimum Gasteiger partial charge on any atom is -0.456 e. The highest BCUT2D eigenvalue weighted by atomic mass is 16.3. The van der Waals surface area contributed by atoms with Crippen LogP contribution in [0.3, 0.4) is 0 Å². The van der Waals surface area contributed by atoms with E-state index in [9.17, 15) is 0 Å². The lowest BCUT2D eigenvalue weighted by atomic mass is 9.70. The first-order valence-corrected chi connectivity index (χ1v) is 38.1. The van der Waals surface area contributed by atoms with Crippen molar-refractivity contribution in [2.24, 2.45) is 0 Å². The van der Waals surface area contributed by atoms with Crippen LogP contribution in [0, 0.1) is 0 Å². The molecule has 0 amide bonds. The fraction of sp³-hybridized carbons (Fsp3) is 0.0192. The van der Waals surface area contributed by atoms with Crippen molar-refractivity contribution in [3.8, 4) is 146 Å². The van der Waals surface area contributed by atoms with Crippen molar-refractivity contribution in [3.05, 3.63) is 408 Å². The zero-order valence-corrected chi connectivity index (χ0v) is 60.1. The Morgan fingerprint density at radius 2 is 0.455 bits per heavy atom. The summed E-state index contributed by atoms with van der Waals surface area (Å²) in [7, 11) is 0. The summed E-state index contributed by atoms with van der Waals surface area (Å²) in [5.41, 5.74) is 34.0. The molecule has 518 valence electrons. The van der Waals surface area contributed by atoms with Crippen LogP contribution in [0.5, 0.6) is 0 Å². The summed E-state index contributed by atoms with van der Waals surface area (Å²) in [4.78, 5) is 31.8. The molecule has 0 saturated heterocycles. The lowest BCUT2D eigenvalue weighted by Crippen LogP contribution is -2.26. The number of benzene rings is 16. The average molecular weight is 1430 g/mol. The standard InChI is InChI=1S/C104H60N6O2/c1-2-21-62(22-3-1)97-105-98(107-101(106-97)70-49-53-81-79-31-9-16-41-92(79)111-94(81)59-70)63-45-43-61(44-46-63)65-47-51-77-78-52-48-66(58-91(78)104(90(77)57-65)86-37-13-6-29-75(86)76-30-7-14-38-87(76)104)64-23-18-25-68(55-64)99-108-100(110-102(109-99)71-50-54-82-80-32-10-17-42-93(80)112-95(82)60-71)69-26-19-24-67(56-69)72-34-20-40-89-96(72)83-33-8-15-39-88(83)103(89)84-35-11-4-27-73(84)74-28-5-12-36-85(74)103/h1-60H. The normalized spacial score (nSPS) is 13.3. The first kappa shape index (κ1) is 62.2. The van der Waals surface area contributed by atoms with Gasteiger partial charge in [-0.15, -0.1) is 0 Å². The van der Waals surface area contributed by atoms with Crippen LogP contribution in [0.4, 0.5) is 0 Å². The number of rotatable bonds is 9. The number of fused-ring (bicyclic) bond motifs is 26. The van der Waals surface area contributed by atoms with Gasteiger partial charge in [0, 0.05) is 54.9 Å². The molecule has 4 aromatic heterocycles. The fourth-order valence-electron chi connectivity index (χ4n) is 19.2. The summed E-state index contributed by atoms with van der Waals surface area (Å²) in [5, 5.41) is 4.22. The monoisotopic (exact) mass is 1420 g/mol. The summed E-state index contributed by atoms with van der Waals surface area (Å²) >= 11 is 0. The number of nitrogens with zero attached hydrogens (tertiary/aromatic N) is 6. The summed E-state index contributed by atoms with van der Waals surface area (Å²) in [6, 6.07) is 131. The Morgan fingerprint density at radius 3 is 0.964 bits per heavy atom. The van der Waals surface area contributed by atoms with Gasteiger partial charge in [-0.1, -0.05) is 303 Å². The largest absolute Gasteiger partial charge is 0.456 e. The fourth-order valence-corrected chi connectivity index (χ4v) is 19.2. The zero-order valence-electron chi connectivity index (χ0n) is 60.1. The van der Waals surface area contributed by atoms with Gasteiger partial charge >= 0.3 is 0 Å². The Labute approximate surface area is 644 Å². The molecule has 2 spiro atoms. The lowest BCUT2D eigenvalue weighted by Gasteiger charge is -2.31. The van der Waals surface area contributed by atoms with Gasteiger partial charge in [0.1, 0.15) is 22.3 Å². The molecule has 8 nitrogen and oxygen atoms in total. The molecule has 4 heterocycles. The topological polar surface area (TPSA) is 104 Å². The molecule has 20 aromatic rings. The number of para-hydroxylation sites is 2. The van der Waals surface area contributed by atoms with E-state index >= 15 is 0 Å². The highest BCUT2D eigenvalue weighted by Crippen LogP contribution is 2.66. The van der Waals surface area contributed by atoms with Gasteiger partial charge in [0.15, 0.2) is 34.9 Å². The van der Waals surface area contributed by atoms with E-state index in [-0.39, 0.29) is 0 Å². The van der Waals surface area contributed by atoms with Crippen LogP contribution in [0.1, 0.15) is 44.5 Å². The van der Waals surface area contributed by atoms with Crippen molar-refractivity contribution in [3.63, 3.8) is 0 Å². The van der Waals surface area contributed by atoms with E-state index in [4.69, 9.17) is 38.7 Å².